The zero-order chi connectivity index (χ0) is 81.7. The molecule has 608 valence electrons. The molecule has 0 saturated heterocycles. The van der Waals surface area contributed by atoms with Gasteiger partial charge in [0.2, 0.25) is 17.7 Å². The van der Waals surface area contributed by atoms with Crippen LogP contribution in [-0.4, -0.2) is 288 Å². The van der Waals surface area contributed by atoms with Crippen molar-refractivity contribution in [3.05, 3.63) is 0 Å². The Morgan fingerprint density at radius 2 is 0.533 bits per heavy atom. The van der Waals surface area contributed by atoms with Gasteiger partial charge in [-0.3, -0.25) is 50.9 Å². The molecule has 0 heterocycles. The molecule has 3 atom stereocenters. The lowest BCUT2D eigenvalue weighted by Gasteiger charge is -2.27. The summed E-state index contributed by atoms with van der Waals surface area (Å²) >= 11 is 0. The highest BCUT2D eigenvalue weighted by Crippen LogP contribution is 2.70. The summed E-state index contributed by atoms with van der Waals surface area (Å²) in [6.45, 7) is -2.25. The van der Waals surface area contributed by atoms with Gasteiger partial charge < -0.3 is 179 Å². The van der Waals surface area contributed by atoms with E-state index in [1.54, 1.807) is 21.3 Å². The number of aliphatic hydroxyl groups is 4. The minimum Gasteiger partial charge on any atom is -0.379 e. The van der Waals surface area contributed by atoms with Gasteiger partial charge in [0, 0.05) is 39.2 Å². The van der Waals surface area contributed by atoms with E-state index in [9.17, 15) is 193 Å². The van der Waals surface area contributed by atoms with E-state index in [-0.39, 0.29) is 59.1 Å². The van der Waals surface area contributed by atoms with Crippen molar-refractivity contribution in [2.45, 2.75) is 109 Å². The van der Waals surface area contributed by atoms with E-state index in [0.29, 0.717) is 19.4 Å². The molecule has 0 bridgehead atoms. The Bertz CT molecular complexity index is 3350. The average molecular weight is 1700 g/mol. The van der Waals surface area contributed by atoms with E-state index in [0.717, 1.165) is 6.29 Å². The molecular weight excluding hydrogens is 1620 g/mol. The predicted molar refractivity (Wildman–Crippen MR) is 330 cm³/mol. The van der Waals surface area contributed by atoms with E-state index in [2.05, 4.69) is 29.6 Å². The van der Waals surface area contributed by atoms with Crippen LogP contribution in [0.3, 0.4) is 0 Å². The van der Waals surface area contributed by atoms with Gasteiger partial charge in [-0.2, -0.15) is 0 Å². The summed E-state index contributed by atoms with van der Waals surface area (Å²) in [5.41, 5.74) is 0. The first kappa shape index (κ1) is 99.7. The number of amides is 7. The van der Waals surface area contributed by atoms with Gasteiger partial charge in [0.1, 0.15) is 24.4 Å². The first-order valence-corrected chi connectivity index (χ1v) is 41.7. The highest BCUT2D eigenvalue weighted by atomic mass is 31.3. The number of carbonyl (C=O) groups excluding carboxylic acids is 12. The van der Waals surface area contributed by atoms with Crippen LogP contribution in [0.4, 0.5) is 19.2 Å². The van der Waals surface area contributed by atoms with Crippen LogP contribution in [0.15, 0.2) is 0 Å². The summed E-state index contributed by atoms with van der Waals surface area (Å²) in [5, 5.41) is 33.3. The third-order valence-electron chi connectivity index (χ3n) is 12.8. The Morgan fingerprint density at radius 1 is 0.295 bits per heavy atom. The molecule has 27 N–H and O–H groups in total. The lowest BCUT2D eigenvalue weighted by molar-refractivity contribution is -0.148. The van der Waals surface area contributed by atoms with Crippen molar-refractivity contribution in [1.82, 2.24) is 37.2 Å². The fourth-order valence-electron chi connectivity index (χ4n) is 7.26. The molecule has 63 heteroatoms. The van der Waals surface area contributed by atoms with Crippen molar-refractivity contribution >= 4 is 133 Å². The van der Waals surface area contributed by atoms with E-state index in [4.69, 9.17) is 18.9 Å². The van der Waals surface area contributed by atoms with Crippen molar-refractivity contribution in [3.63, 3.8) is 0 Å². The van der Waals surface area contributed by atoms with Gasteiger partial charge in [0.25, 0.3) is 0 Å². The summed E-state index contributed by atoms with van der Waals surface area (Å²) in [7, 11) is -52.9. The molecule has 0 aliphatic carbocycles. The molecule has 0 saturated carbocycles. The second kappa shape index (κ2) is 43.2. The third kappa shape index (κ3) is 31.0. The van der Waals surface area contributed by atoms with E-state index < -0.39 is 236 Å². The normalized spacial score (nSPS) is 13.9. The number of aldehydes is 1. The summed E-state index contributed by atoms with van der Waals surface area (Å²) in [6.07, 6.45) is -12.4. The smallest absolute Gasteiger partial charge is 0.379 e. The molecule has 0 aromatic carbocycles. The molecule has 0 radical (unpaired) electrons. The Balaban J connectivity index is 7.36. The largest absolute Gasteiger partial charge is 0.415 e. The van der Waals surface area contributed by atoms with E-state index in [1.165, 1.54) is 0 Å². The van der Waals surface area contributed by atoms with Crippen molar-refractivity contribution in [2.24, 2.45) is 0 Å². The summed E-state index contributed by atoms with van der Waals surface area (Å²) in [4.78, 5) is 302. The maximum atomic E-state index is 14.4. The van der Waals surface area contributed by atoms with Gasteiger partial charge in [0.05, 0.1) is 46.2 Å². The van der Waals surface area contributed by atoms with Crippen LogP contribution in [0.25, 0.3) is 0 Å². The Hall–Kier alpha value is -5.28. The number of carbonyl (C=O) groups is 12. The number of alkyl carbamates (subject to hydrolysis) is 4. The molecule has 55 nitrogen and oxygen atoms in total. The molecule has 7 amide bonds. The van der Waals surface area contributed by atoms with Crippen LogP contribution in [0.1, 0.15) is 70.6 Å². The number of nitrogens with one attached hydrogen (secondary N) is 7. The Labute approximate surface area is 587 Å². The number of ether oxygens (including phenoxy) is 8. The molecule has 0 spiro atoms. The Kier molecular flexibility index (Phi) is 41.0. The predicted octanol–water partition coefficient (Wildman–Crippen LogP) is -7.99. The lowest BCUT2D eigenvalue weighted by atomic mass is 10.0. The molecule has 0 aromatic heterocycles. The van der Waals surface area contributed by atoms with Crippen molar-refractivity contribution in [2.75, 3.05) is 79.0 Å². The highest BCUT2D eigenvalue weighted by Gasteiger charge is 2.71. The summed E-state index contributed by atoms with van der Waals surface area (Å²) < 4.78 is 131. The van der Waals surface area contributed by atoms with E-state index >= 15 is 0 Å². The molecule has 0 aliphatic heterocycles. The van der Waals surface area contributed by atoms with Crippen LogP contribution in [0, 0.1) is 0 Å². The highest BCUT2D eigenvalue weighted by molar-refractivity contribution is 7.75. The second-order valence-corrected chi connectivity index (χ2v) is 36.0. The molecule has 3 unspecified atom stereocenters. The summed E-state index contributed by atoms with van der Waals surface area (Å²) in [6, 6.07) is -6.41. The van der Waals surface area contributed by atoms with Gasteiger partial charge in [0.15, 0.2) is 0 Å². The SMILES string of the molecule is O=CCCCOCCOCCOCCOCCNC(=O)C(CCCCNC(=O)OC(=O)C(O)(P(=O)(O)O)P(=O)(O)O)NC(=O)C(CCCCNC(=O)OC(=O)C(O)(P(=O)(O)O)P(=O)(O)O)NC(=O)C(CCCCNC(=O)OC(=O)C(O)(P(=O)(O)O)P(=O)(O)O)NC(=O)OC(=O)C(O)(P(=O)(O)O)P(=O)(O)O. The third-order valence-corrected chi connectivity index (χ3v) is 27.0. The van der Waals surface area contributed by atoms with Crippen LogP contribution in [0.2, 0.25) is 0 Å². The van der Waals surface area contributed by atoms with Gasteiger partial charge in [-0.05, 0) is 64.2 Å². The number of esters is 4. The topological polar surface area (TPSA) is 904 Å². The van der Waals surface area contributed by atoms with Crippen LogP contribution >= 0.6 is 60.8 Å². The lowest BCUT2D eigenvalue weighted by Crippen LogP contribution is -2.57. The van der Waals surface area contributed by atoms with Crippen LogP contribution in [0.5, 0.6) is 0 Å². The van der Waals surface area contributed by atoms with Crippen LogP contribution < -0.4 is 37.2 Å². The average Bonchev–Trinajstić information content (AvgIpc) is 0.779. The number of rotatable bonds is 49. The molecule has 0 aromatic rings. The van der Waals surface area contributed by atoms with Gasteiger partial charge in [-0.1, -0.05) is 0 Å². The number of hydrogen-bond acceptors (Lipinski definition) is 32. The molecule has 0 fully saturated rings. The van der Waals surface area contributed by atoms with Crippen molar-refractivity contribution < 1.29 is 231 Å². The fraction of sp³-hybridized carbons (Fsp3) is 0.714. The monoisotopic (exact) mass is 1700 g/mol. The maximum absolute atomic E-state index is 14.4. The van der Waals surface area contributed by atoms with Gasteiger partial charge >= 0.3 is 129 Å². The van der Waals surface area contributed by atoms with Crippen molar-refractivity contribution in [1.29, 1.82) is 0 Å². The number of unbranched alkanes of at least 4 members (excludes halogenated alkanes) is 4. The zero-order valence-electron chi connectivity index (χ0n) is 53.5. The number of hydrogen-bond donors (Lipinski definition) is 27. The fourth-order valence-corrected chi connectivity index (χ4v) is 15.0. The van der Waals surface area contributed by atoms with E-state index in [1.807, 2.05) is 5.32 Å². The molecule has 0 aliphatic rings. The quantitative estimate of drug-likeness (QED) is 0.00672. The van der Waals surface area contributed by atoms with Gasteiger partial charge in [-0.25, -0.2) is 38.4 Å². The molecule has 105 heavy (non-hydrogen) atoms. The van der Waals surface area contributed by atoms with Gasteiger partial charge in [-0.15, -0.1) is 0 Å². The minimum absolute atomic E-state index is 0.0362. The molecule has 0 rings (SSSR count). The second-order valence-electron chi connectivity index (χ2n) is 20.7. The first-order chi connectivity index (χ1) is 47.8. The van der Waals surface area contributed by atoms with Crippen molar-refractivity contribution in [3.8, 4) is 0 Å². The Morgan fingerprint density at radius 3 is 0.800 bits per heavy atom. The molecular formula is C42H77N7O48P8. The maximum Gasteiger partial charge on any atom is 0.415 e. The van der Waals surface area contributed by atoms with Crippen LogP contribution in [-0.2, 0) is 113 Å². The standard InChI is InChI=1S/C42H77N7O48P8/c50-16-7-8-17-90-19-21-92-23-24-93-22-20-91-18-15-43-28(51)25(9-1-4-12-44-35(58)94-31(54)39(62,98(66,67)68)99(69,70)71)47-29(52)26(10-2-5-13-45-36(59)95-32(55)40(63,100(72,73)74)101(75,76)77)48-30(53)27(49-38(61)97-34(57)42(65,104(84,85)86)105(87,88)89)11-3-6-14-46-37(60)96-33(56)41(64,102(78,79)80)103(81,82)83/h16,25-27,62-65H,1-15,17-24H2,(H,43,51)(H,44,58)(H,45,59)(H,46,60)(H,47,52)(H,48,53)(H,49,61)(H2,66,67,68)(H2,69,70,71)(H2,72,73,74)(H2,75,76,77)(H2,78,79,80)(H2,81,82,83)(H2,84,85,86)(H2,87,88,89). The first-order valence-electron chi connectivity index (χ1n) is 28.8. The zero-order valence-corrected chi connectivity index (χ0v) is 60.7. The minimum atomic E-state index is -6.79. The summed E-state index contributed by atoms with van der Waals surface area (Å²) in [5.74, 6) is -16.0.